The van der Waals surface area contributed by atoms with Crippen LogP contribution in [0, 0.1) is 0 Å². The molecule has 0 amide bonds. The zero-order valence-corrected chi connectivity index (χ0v) is 15.0. The minimum absolute atomic E-state index is 0.0121. The predicted molar refractivity (Wildman–Crippen MR) is 87.8 cm³/mol. The normalized spacial score (nSPS) is 25.6. The Bertz CT molecular complexity index is 414. The number of rotatable bonds is 3. The maximum Gasteiger partial charge on any atom is 0.509 e. The minimum Gasteiger partial charge on any atom is -0.431 e. The van der Waals surface area contributed by atoms with Crippen molar-refractivity contribution in [3.8, 4) is 0 Å². The molecule has 0 saturated heterocycles. The molecule has 0 radical (unpaired) electrons. The molecule has 138 valence electrons. The van der Waals surface area contributed by atoms with Gasteiger partial charge in [-0.05, 0) is 72.1 Å². The smallest absolute Gasteiger partial charge is 0.431 e. The zero-order valence-electron chi connectivity index (χ0n) is 15.0. The van der Waals surface area contributed by atoms with Crippen molar-refractivity contribution in [1.82, 2.24) is 0 Å². The number of ether oxygens (including phenoxy) is 4. The Morgan fingerprint density at radius 1 is 0.667 bits per heavy atom. The molecule has 0 aromatic heterocycles. The van der Waals surface area contributed by atoms with Crippen molar-refractivity contribution in [2.45, 2.75) is 102 Å². The Labute approximate surface area is 144 Å². The lowest BCUT2D eigenvalue weighted by Gasteiger charge is -2.29. The maximum absolute atomic E-state index is 11.8. The third-order valence-electron chi connectivity index (χ3n) is 4.35. The highest BCUT2D eigenvalue weighted by molar-refractivity contribution is 5.61. The Kier molecular flexibility index (Phi) is 6.75. The first-order valence-electron chi connectivity index (χ1n) is 9.09. The summed E-state index contributed by atoms with van der Waals surface area (Å²) in [6, 6.07) is 0. The second-order valence-electron chi connectivity index (χ2n) is 7.73. The quantitative estimate of drug-likeness (QED) is 0.690. The van der Waals surface area contributed by atoms with E-state index in [1.165, 1.54) is 6.42 Å². The van der Waals surface area contributed by atoms with E-state index in [4.69, 9.17) is 18.9 Å². The maximum atomic E-state index is 11.8. The van der Waals surface area contributed by atoms with Crippen molar-refractivity contribution in [3.63, 3.8) is 0 Å². The molecule has 0 N–H and O–H groups in total. The van der Waals surface area contributed by atoms with Gasteiger partial charge in [0.25, 0.3) is 0 Å². The number of hydrogen-bond donors (Lipinski definition) is 0. The van der Waals surface area contributed by atoms with Crippen LogP contribution in [0.1, 0.15) is 78.6 Å². The van der Waals surface area contributed by atoms with E-state index >= 15 is 0 Å². The molecule has 0 spiro atoms. The van der Waals surface area contributed by atoms with Crippen molar-refractivity contribution in [1.29, 1.82) is 0 Å². The summed E-state index contributed by atoms with van der Waals surface area (Å²) in [7, 11) is 0. The monoisotopic (exact) mass is 342 g/mol. The summed E-state index contributed by atoms with van der Waals surface area (Å²) in [6.45, 7) is 5.41. The molecule has 2 aliphatic carbocycles. The van der Waals surface area contributed by atoms with Crippen molar-refractivity contribution in [2.24, 2.45) is 0 Å². The molecule has 0 bridgehead atoms. The number of hydrogen-bond acceptors (Lipinski definition) is 6. The van der Waals surface area contributed by atoms with Crippen molar-refractivity contribution < 1.29 is 28.5 Å². The molecule has 2 aliphatic rings. The third-order valence-corrected chi connectivity index (χ3v) is 4.35. The van der Waals surface area contributed by atoms with E-state index in [-0.39, 0.29) is 18.3 Å². The molecule has 2 rings (SSSR count). The number of carbonyl (C=O) groups is 2. The van der Waals surface area contributed by atoms with Crippen LogP contribution in [0.4, 0.5) is 9.59 Å². The lowest BCUT2D eigenvalue weighted by Crippen LogP contribution is -2.33. The van der Waals surface area contributed by atoms with Crippen LogP contribution in [-0.2, 0) is 18.9 Å². The average Bonchev–Trinajstić information content (AvgIpc) is 2.48. The first kappa shape index (κ1) is 18.9. The summed E-state index contributed by atoms with van der Waals surface area (Å²) in [5.41, 5.74) is -0.555. The van der Waals surface area contributed by atoms with Crippen LogP contribution >= 0.6 is 0 Å². The van der Waals surface area contributed by atoms with Gasteiger partial charge in [0.05, 0.1) is 0 Å². The van der Waals surface area contributed by atoms with Crippen molar-refractivity contribution >= 4 is 12.3 Å². The lowest BCUT2D eigenvalue weighted by atomic mass is 9.95. The second kappa shape index (κ2) is 8.58. The van der Waals surface area contributed by atoms with Gasteiger partial charge in [0.1, 0.15) is 23.9 Å². The van der Waals surface area contributed by atoms with E-state index in [0.29, 0.717) is 25.7 Å². The predicted octanol–water partition coefficient (Wildman–Crippen LogP) is 4.74. The first-order valence-corrected chi connectivity index (χ1v) is 9.09. The van der Waals surface area contributed by atoms with E-state index in [0.717, 1.165) is 25.7 Å². The van der Waals surface area contributed by atoms with E-state index in [1.54, 1.807) is 20.8 Å². The summed E-state index contributed by atoms with van der Waals surface area (Å²) in [6.07, 6.45) is 6.50. The van der Waals surface area contributed by atoms with Crippen LogP contribution in [0.5, 0.6) is 0 Å². The molecule has 6 nitrogen and oxygen atoms in total. The highest BCUT2D eigenvalue weighted by atomic mass is 16.7. The standard InChI is InChI=1S/C18H30O6/c1-18(2,3)24-17(20)23-15-11-9-14(10-12-15)22-16(19)21-13-7-5-4-6-8-13/h13-15H,4-12H2,1-3H3. The molecular weight excluding hydrogens is 312 g/mol. The molecule has 0 unspecified atom stereocenters. The fourth-order valence-electron chi connectivity index (χ4n) is 3.16. The SMILES string of the molecule is CC(C)(C)OC(=O)OC1CCC(OC(=O)OC2CCCCC2)CC1. The van der Waals surface area contributed by atoms with Crippen LogP contribution in [0.25, 0.3) is 0 Å². The van der Waals surface area contributed by atoms with Crippen LogP contribution in [0.2, 0.25) is 0 Å². The fraction of sp³-hybridized carbons (Fsp3) is 0.889. The summed E-state index contributed by atoms with van der Waals surface area (Å²) in [5.74, 6) is 0. The molecule has 24 heavy (non-hydrogen) atoms. The summed E-state index contributed by atoms with van der Waals surface area (Å²) >= 11 is 0. The van der Waals surface area contributed by atoms with Crippen molar-refractivity contribution in [2.75, 3.05) is 0 Å². The lowest BCUT2D eigenvalue weighted by molar-refractivity contribution is -0.0547. The van der Waals surface area contributed by atoms with Gasteiger partial charge in [0.15, 0.2) is 0 Å². The topological polar surface area (TPSA) is 71.1 Å². The Balaban J connectivity index is 1.63. The molecular formula is C18H30O6. The largest absolute Gasteiger partial charge is 0.509 e. The minimum atomic E-state index is -0.636. The average molecular weight is 342 g/mol. The van der Waals surface area contributed by atoms with Gasteiger partial charge in [0.2, 0.25) is 0 Å². The van der Waals surface area contributed by atoms with Crippen LogP contribution in [0.15, 0.2) is 0 Å². The molecule has 0 aliphatic heterocycles. The van der Waals surface area contributed by atoms with Gasteiger partial charge in [-0.2, -0.15) is 0 Å². The zero-order chi connectivity index (χ0) is 17.6. The highest BCUT2D eigenvalue weighted by Gasteiger charge is 2.29. The first-order chi connectivity index (χ1) is 11.3. The van der Waals surface area contributed by atoms with Crippen molar-refractivity contribution in [3.05, 3.63) is 0 Å². The van der Waals surface area contributed by atoms with Gasteiger partial charge in [-0.25, -0.2) is 9.59 Å². The summed E-state index contributed by atoms with van der Waals surface area (Å²) < 4.78 is 21.2. The Hall–Kier alpha value is -1.46. The Morgan fingerprint density at radius 3 is 1.54 bits per heavy atom. The summed E-state index contributed by atoms with van der Waals surface area (Å²) in [4.78, 5) is 23.5. The molecule has 2 fully saturated rings. The molecule has 2 saturated carbocycles. The van der Waals surface area contributed by atoms with Gasteiger partial charge < -0.3 is 18.9 Å². The van der Waals surface area contributed by atoms with E-state index in [2.05, 4.69) is 0 Å². The fourth-order valence-corrected chi connectivity index (χ4v) is 3.16. The van der Waals surface area contributed by atoms with Gasteiger partial charge in [-0.1, -0.05) is 6.42 Å². The van der Waals surface area contributed by atoms with Crippen LogP contribution in [0.3, 0.4) is 0 Å². The van der Waals surface area contributed by atoms with Crippen LogP contribution in [-0.4, -0.2) is 36.2 Å². The van der Waals surface area contributed by atoms with Gasteiger partial charge in [0, 0.05) is 0 Å². The van der Waals surface area contributed by atoms with Gasteiger partial charge in [-0.15, -0.1) is 0 Å². The Morgan fingerprint density at radius 2 is 1.08 bits per heavy atom. The molecule has 0 atom stereocenters. The number of carbonyl (C=O) groups excluding carboxylic acids is 2. The van der Waals surface area contributed by atoms with Gasteiger partial charge >= 0.3 is 12.3 Å². The molecule has 6 heteroatoms. The summed E-state index contributed by atoms with van der Waals surface area (Å²) in [5, 5.41) is 0. The van der Waals surface area contributed by atoms with Gasteiger partial charge in [-0.3, -0.25) is 0 Å². The van der Waals surface area contributed by atoms with E-state index < -0.39 is 17.9 Å². The highest BCUT2D eigenvalue weighted by Crippen LogP contribution is 2.26. The third kappa shape index (κ3) is 6.97. The van der Waals surface area contributed by atoms with Crippen LogP contribution < -0.4 is 0 Å². The second-order valence-corrected chi connectivity index (χ2v) is 7.73. The molecule has 0 aromatic rings. The molecule has 0 aromatic carbocycles. The molecule has 0 heterocycles. The van der Waals surface area contributed by atoms with E-state index in [1.807, 2.05) is 0 Å². The van der Waals surface area contributed by atoms with E-state index in [9.17, 15) is 9.59 Å².